The topological polar surface area (TPSA) is 66.5 Å². The van der Waals surface area contributed by atoms with Crippen molar-refractivity contribution in [1.29, 1.82) is 0 Å². The van der Waals surface area contributed by atoms with E-state index in [2.05, 4.69) is 24.4 Å². The first kappa shape index (κ1) is 22.0. The van der Waals surface area contributed by atoms with Crippen molar-refractivity contribution in [1.82, 2.24) is 5.32 Å². The highest BCUT2D eigenvalue weighted by Crippen LogP contribution is 2.20. The van der Waals surface area contributed by atoms with Crippen molar-refractivity contribution in [3.63, 3.8) is 0 Å². The minimum atomic E-state index is -3.40. The number of nitrogens with zero attached hydrogens (tertiary/aromatic N) is 1. The highest BCUT2D eigenvalue weighted by atomic mass is 32.2. The molecule has 0 aliphatic heterocycles. The van der Waals surface area contributed by atoms with Gasteiger partial charge in [0.05, 0.1) is 18.0 Å². The fourth-order valence-electron chi connectivity index (χ4n) is 3.09. The molecule has 6 heteroatoms. The lowest BCUT2D eigenvalue weighted by Crippen LogP contribution is -2.32. The molecule has 0 aliphatic carbocycles. The van der Waals surface area contributed by atoms with Crippen LogP contribution < -0.4 is 9.62 Å². The lowest BCUT2D eigenvalue weighted by atomic mass is 10.0. The van der Waals surface area contributed by atoms with Gasteiger partial charge in [-0.15, -0.1) is 0 Å². The summed E-state index contributed by atoms with van der Waals surface area (Å²) in [7, 11) is -3.40. The van der Waals surface area contributed by atoms with Crippen LogP contribution in [0.2, 0.25) is 0 Å². The molecule has 2 aromatic rings. The minimum Gasteiger partial charge on any atom is -0.350 e. The largest absolute Gasteiger partial charge is 0.350 e. The summed E-state index contributed by atoms with van der Waals surface area (Å²) in [6, 6.07) is 15.5. The van der Waals surface area contributed by atoms with E-state index < -0.39 is 10.0 Å². The molecule has 0 aromatic heterocycles. The number of carbonyl (C=O) groups is 1. The quantitative estimate of drug-likeness (QED) is 0.690. The van der Waals surface area contributed by atoms with Crippen LogP contribution >= 0.6 is 0 Å². The first-order valence-electron chi connectivity index (χ1n) is 9.63. The van der Waals surface area contributed by atoms with Gasteiger partial charge in [-0.2, -0.15) is 0 Å². The normalized spacial score (nSPS) is 12.4. The van der Waals surface area contributed by atoms with Crippen LogP contribution in [0.1, 0.15) is 49.4 Å². The van der Waals surface area contributed by atoms with Gasteiger partial charge in [0.15, 0.2) is 0 Å². The Kier molecular flexibility index (Phi) is 7.63. The van der Waals surface area contributed by atoms with E-state index in [-0.39, 0.29) is 24.9 Å². The molecule has 0 fully saturated rings. The van der Waals surface area contributed by atoms with Crippen LogP contribution in [-0.4, -0.2) is 27.1 Å². The maximum atomic E-state index is 12.3. The smallest absolute Gasteiger partial charge is 0.232 e. The number of rotatable bonds is 9. The molecule has 0 saturated carbocycles. The van der Waals surface area contributed by atoms with Crippen molar-refractivity contribution in [2.75, 3.05) is 17.1 Å². The molecule has 1 N–H and O–H groups in total. The van der Waals surface area contributed by atoms with Gasteiger partial charge in [0.25, 0.3) is 0 Å². The van der Waals surface area contributed by atoms with Crippen LogP contribution in [0.15, 0.2) is 48.5 Å². The number of carbonyl (C=O) groups excluding carboxylic acids is 1. The lowest BCUT2D eigenvalue weighted by Gasteiger charge is -2.23. The summed E-state index contributed by atoms with van der Waals surface area (Å²) >= 11 is 0. The van der Waals surface area contributed by atoms with Crippen LogP contribution in [0.25, 0.3) is 0 Å². The zero-order valence-electron chi connectivity index (χ0n) is 17.1. The summed E-state index contributed by atoms with van der Waals surface area (Å²) in [6.45, 7) is 6.26. The summed E-state index contributed by atoms with van der Waals surface area (Å²) < 4.78 is 25.7. The number of aryl methyl sites for hydroxylation is 2. The molecule has 1 atom stereocenters. The van der Waals surface area contributed by atoms with Crippen LogP contribution in [0.3, 0.4) is 0 Å². The number of anilines is 1. The zero-order valence-corrected chi connectivity index (χ0v) is 17.9. The second-order valence-electron chi connectivity index (χ2n) is 7.16. The van der Waals surface area contributed by atoms with Crippen molar-refractivity contribution in [2.45, 2.75) is 46.1 Å². The van der Waals surface area contributed by atoms with E-state index in [1.54, 1.807) is 6.07 Å². The second-order valence-corrected chi connectivity index (χ2v) is 9.07. The Morgan fingerprint density at radius 2 is 1.82 bits per heavy atom. The van der Waals surface area contributed by atoms with Gasteiger partial charge in [-0.3, -0.25) is 9.10 Å². The molecular formula is C22H30N2O3S. The number of hydrogen-bond donors (Lipinski definition) is 1. The summed E-state index contributed by atoms with van der Waals surface area (Å²) in [4.78, 5) is 12.3. The van der Waals surface area contributed by atoms with Crippen LogP contribution in [0.5, 0.6) is 0 Å². The average molecular weight is 403 g/mol. The van der Waals surface area contributed by atoms with Gasteiger partial charge in [0.2, 0.25) is 15.9 Å². The molecule has 0 heterocycles. The predicted molar refractivity (Wildman–Crippen MR) is 115 cm³/mol. The molecule has 0 unspecified atom stereocenters. The molecule has 28 heavy (non-hydrogen) atoms. The third-order valence-corrected chi connectivity index (χ3v) is 5.91. The second kappa shape index (κ2) is 9.73. The van der Waals surface area contributed by atoms with Gasteiger partial charge >= 0.3 is 0 Å². The van der Waals surface area contributed by atoms with Crippen molar-refractivity contribution in [3.05, 3.63) is 65.2 Å². The molecule has 2 aromatic carbocycles. The summed E-state index contributed by atoms with van der Waals surface area (Å²) in [5.41, 5.74) is 3.95. The Balaban J connectivity index is 1.91. The molecule has 0 bridgehead atoms. The first-order valence-corrected chi connectivity index (χ1v) is 11.5. The molecular weight excluding hydrogens is 372 g/mol. The van der Waals surface area contributed by atoms with Crippen molar-refractivity contribution in [3.8, 4) is 0 Å². The van der Waals surface area contributed by atoms with E-state index in [1.807, 2.05) is 44.2 Å². The van der Waals surface area contributed by atoms with Crippen molar-refractivity contribution in [2.24, 2.45) is 0 Å². The van der Waals surface area contributed by atoms with Crippen LogP contribution in [0.4, 0.5) is 5.69 Å². The molecule has 0 aliphatic rings. The van der Waals surface area contributed by atoms with Crippen LogP contribution in [0, 0.1) is 6.92 Å². The van der Waals surface area contributed by atoms with E-state index in [9.17, 15) is 13.2 Å². The number of nitrogens with one attached hydrogen (secondary N) is 1. The Morgan fingerprint density at radius 1 is 1.14 bits per heavy atom. The number of amides is 1. The van der Waals surface area contributed by atoms with Crippen molar-refractivity contribution >= 4 is 21.6 Å². The third kappa shape index (κ3) is 6.37. The molecule has 0 spiro atoms. The Labute approximate surface area is 168 Å². The third-order valence-electron chi connectivity index (χ3n) is 4.72. The monoisotopic (exact) mass is 402 g/mol. The highest BCUT2D eigenvalue weighted by molar-refractivity contribution is 7.92. The van der Waals surface area contributed by atoms with Gasteiger partial charge < -0.3 is 5.32 Å². The highest BCUT2D eigenvalue weighted by Gasteiger charge is 2.18. The fraction of sp³-hybridized carbons (Fsp3) is 0.409. The zero-order chi connectivity index (χ0) is 20.7. The predicted octanol–water partition coefficient (Wildman–Crippen LogP) is 3.98. The fourth-order valence-corrected chi connectivity index (χ4v) is 4.05. The van der Waals surface area contributed by atoms with Crippen LogP contribution in [-0.2, 0) is 21.2 Å². The first-order chi connectivity index (χ1) is 13.2. The van der Waals surface area contributed by atoms with E-state index in [0.717, 1.165) is 17.5 Å². The van der Waals surface area contributed by atoms with Gasteiger partial charge in [-0.05, 0) is 55.5 Å². The molecule has 0 saturated heterocycles. The van der Waals surface area contributed by atoms with Crippen molar-refractivity contribution < 1.29 is 13.2 Å². The molecule has 0 radical (unpaired) electrons. The maximum Gasteiger partial charge on any atom is 0.232 e. The molecule has 5 nitrogen and oxygen atoms in total. The Hall–Kier alpha value is -2.34. The number of sulfonamides is 1. The maximum absolute atomic E-state index is 12.3. The van der Waals surface area contributed by atoms with E-state index in [4.69, 9.17) is 0 Å². The summed E-state index contributed by atoms with van der Waals surface area (Å²) in [6.07, 6.45) is 2.90. The SMILES string of the molecule is CCc1ccc([C@H](C)NC(=O)CCCN(c2cccc(C)c2)S(C)(=O)=O)cc1. The molecule has 2 rings (SSSR count). The Morgan fingerprint density at radius 3 is 2.39 bits per heavy atom. The van der Waals surface area contributed by atoms with Gasteiger partial charge in [0.1, 0.15) is 0 Å². The van der Waals surface area contributed by atoms with Gasteiger partial charge in [0, 0.05) is 13.0 Å². The van der Waals surface area contributed by atoms with E-state index in [0.29, 0.717) is 12.1 Å². The molecule has 152 valence electrons. The number of benzene rings is 2. The minimum absolute atomic E-state index is 0.0789. The van der Waals surface area contributed by atoms with E-state index >= 15 is 0 Å². The average Bonchev–Trinajstić information content (AvgIpc) is 2.64. The standard InChI is InChI=1S/C22H30N2O3S/c1-5-19-11-13-20(14-12-19)18(3)23-22(25)10-7-15-24(28(4,26)27)21-9-6-8-17(2)16-21/h6,8-9,11-14,16,18H,5,7,10,15H2,1-4H3,(H,23,25)/t18-/m0/s1. The lowest BCUT2D eigenvalue weighted by molar-refractivity contribution is -0.121. The summed E-state index contributed by atoms with van der Waals surface area (Å²) in [5, 5.41) is 2.99. The summed E-state index contributed by atoms with van der Waals surface area (Å²) in [5.74, 6) is -0.0789. The van der Waals surface area contributed by atoms with Gasteiger partial charge in [-0.25, -0.2) is 8.42 Å². The molecule has 1 amide bonds. The van der Waals surface area contributed by atoms with Gasteiger partial charge in [-0.1, -0.05) is 43.3 Å². The number of hydrogen-bond acceptors (Lipinski definition) is 3. The van der Waals surface area contributed by atoms with E-state index in [1.165, 1.54) is 16.1 Å². The Bertz CT molecular complexity index is 892.